The van der Waals surface area contributed by atoms with Crippen molar-refractivity contribution in [2.45, 2.75) is 37.9 Å². The normalized spacial score (nSPS) is 17.3. The summed E-state index contributed by atoms with van der Waals surface area (Å²) in [6.07, 6.45) is 0. The fourth-order valence-corrected chi connectivity index (χ4v) is 6.33. The Bertz CT molecular complexity index is 1520. The Balaban J connectivity index is 1.58. The van der Waals surface area contributed by atoms with Gasteiger partial charge in [0, 0.05) is 58.9 Å². The standard InChI is InChI=1S/C40H52N4O11/c45-37(46)24-41-16-18-42(34(38(47)48)28-53-25-31-10-4-1-5-11-31)20-22-44(36(40(51)52)30-55-27-33-14-8-3-9-15-33)23-21-43(19-17-41)35(39(49)50)29-54-26-32-12-6-2-7-13-32/h1-15,34-36H,16-30H2,(H,45,46)(H,47,48)(H,49,50)(H,51,52)/p-4. The van der Waals surface area contributed by atoms with Crippen LogP contribution in [-0.4, -0.2) is 140 Å². The Labute approximate surface area is 321 Å². The lowest BCUT2D eigenvalue weighted by atomic mass is 10.2. The van der Waals surface area contributed by atoms with Crippen molar-refractivity contribution in [2.75, 3.05) is 78.7 Å². The lowest BCUT2D eigenvalue weighted by Gasteiger charge is -2.41. The number of aliphatic carboxylic acids is 4. The fourth-order valence-electron chi connectivity index (χ4n) is 6.33. The molecule has 3 aromatic carbocycles. The molecular formula is C40H48N4O11-4. The summed E-state index contributed by atoms with van der Waals surface area (Å²) < 4.78 is 17.4. The maximum absolute atomic E-state index is 12.7. The SMILES string of the molecule is O=C([O-])CN1CCN(C(COCc2ccccc2)C(=O)[O-])CCN(C(COCc2ccccc2)C(=O)[O-])CCN(C(COCc2ccccc2)C(=O)[O-])CC1. The molecule has 1 fully saturated rings. The van der Waals surface area contributed by atoms with Gasteiger partial charge in [0.2, 0.25) is 0 Å². The number of rotatable bonds is 20. The summed E-state index contributed by atoms with van der Waals surface area (Å²) in [5.41, 5.74) is 2.49. The molecule has 3 atom stereocenters. The minimum Gasteiger partial charge on any atom is -0.549 e. The summed E-state index contributed by atoms with van der Waals surface area (Å²) in [5.74, 6) is -5.63. The fraction of sp³-hybridized carbons (Fsp3) is 0.450. The van der Waals surface area contributed by atoms with E-state index in [0.29, 0.717) is 0 Å². The van der Waals surface area contributed by atoms with Crippen LogP contribution in [0.3, 0.4) is 0 Å². The van der Waals surface area contributed by atoms with E-state index in [0.717, 1.165) is 16.7 Å². The molecule has 0 radical (unpaired) electrons. The van der Waals surface area contributed by atoms with Gasteiger partial charge in [0.1, 0.15) is 0 Å². The average Bonchev–Trinajstić information content (AvgIpc) is 3.16. The Kier molecular flexibility index (Phi) is 18.2. The second kappa shape index (κ2) is 23.2. The van der Waals surface area contributed by atoms with Crippen molar-refractivity contribution >= 4 is 23.9 Å². The first-order chi connectivity index (χ1) is 26.6. The van der Waals surface area contributed by atoms with E-state index in [4.69, 9.17) is 14.2 Å². The van der Waals surface area contributed by atoms with Gasteiger partial charge in [-0.25, -0.2) is 0 Å². The van der Waals surface area contributed by atoms with Crippen LogP contribution in [0.1, 0.15) is 16.7 Å². The predicted molar refractivity (Wildman–Crippen MR) is 191 cm³/mol. The molecule has 298 valence electrons. The van der Waals surface area contributed by atoms with Crippen molar-refractivity contribution in [1.29, 1.82) is 0 Å². The molecule has 0 N–H and O–H groups in total. The van der Waals surface area contributed by atoms with Crippen LogP contribution in [0, 0.1) is 0 Å². The highest BCUT2D eigenvalue weighted by Crippen LogP contribution is 2.13. The third-order valence-electron chi connectivity index (χ3n) is 9.41. The van der Waals surface area contributed by atoms with Crippen molar-refractivity contribution in [1.82, 2.24) is 19.6 Å². The van der Waals surface area contributed by atoms with Crippen LogP contribution in [0.5, 0.6) is 0 Å². The predicted octanol–water partition coefficient (Wildman–Crippen LogP) is -3.04. The van der Waals surface area contributed by atoms with Gasteiger partial charge in [-0.2, -0.15) is 0 Å². The van der Waals surface area contributed by atoms with Crippen LogP contribution in [0.25, 0.3) is 0 Å². The molecule has 0 bridgehead atoms. The molecule has 3 aromatic rings. The minimum absolute atomic E-state index is 0.000921. The summed E-state index contributed by atoms with van der Waals surface area (Å²) in [6.45, 7) is -0.755. The van der Waals surface area contributed by atoms with Gasteiger partial charge in [0.15, 0.2) is 0 Å². The molecule has 0 aromatic heterocycles. The van der Waals surface area contributed by atoms with Crippen molar-refractivity contribution in [3.05, 3.63) is 108 Å². The van der Waals surface area contributed by atoms with Gasteiger partial charge in [-0.3, -0.25) is 19.6 Å². The van der Waals surface area contributed by atoms with Crippen LogP contribution in [0.2, 0.25) is 0 Å². The average molecular weight is 761 g/mol. The van der Waals surface area contributed by atoms with Crippen LogP contribution >= 0.6 is 0 Å². The molecule has 1 aliphatic heterocycles. The topological polar surface area (TPSA) is 201 Å². The smallest absolute Gasteiger partial charge is 0.0731 e. The first-order valence-corrected chi connectivity index (χ1v) is 18.2. The molecule has 0 amide bonds. The largest absolute Gasteiger partial charge is 0.549 e. The zero-order valence-corrected chi connectivity index (χ0v) is 30.8. The van der Waals surface area contributed by atoms with E-state index in [1.54, 1.807) is 14.7 Å². The van der Waals surface area contributed by atoms with Crippen LogP contribution in [-0.2, 0) is 53.2 Å². The highest BCUT2D eigenvalue weighted by molar-refractivity contribution is 5.72. The maximum atomic E-state index is 12.7. The minimum atomic E-state index is -1.43. The van der Waals surface area contributed by atoms with E-state index in [2.05, 4.69) is 0 Å². The van der Waals surface area contributed by atoms with Crippen molar-refractivity contribution in [3.8, 4) is 0 Å². The molecule has 0 spiro atoms. The van der Waals surface area contributed by atoms with Crippen LogP contribution < -0.4 is 20.4 Å². The van der Waals surface area contributed by atoms with Gasteiger partial charge in [-0.1, -0.05) is 91.0 Å². The Hall–Kier alpha value is -4.74. The Morgan fingerprint density at radius 2 is 0.727 bits per heavy atom. The van der Waals surface area contributed by atoms with Crippen molar-refractivity contribution in [2.24, 2.45) is 0 Å². The number of hydrogen-bond acceptors (Lipinski definition) is 15. The monoisotopic (exact) mass is 760 g/mol. The molecule has 3 unspecified atom stereocenters. The van der Waals surface area contributed by atoms with Gasteiger partial charge >= 0.3 is 0 Å². The number of carbonyl (C=O) groups is 4. The summed E-state index contributed by atoms with van der Waals surface area (Å²) in [4.78, 5) is 55.8. The van der Waals surface area contributed by atoms with Crippen LogP contribution in [0.4, 0.5) is 0 Å². The quantitative estimate of drug-likeness (QED) is 0.113. The number of carboxylic acids is 4. The number of nitrogens with zero attached hydrogens (tertiary/aromatic N) is 4. The molecule has 0 aliphatic carbocycles. The number of hydrogen-bond donors (Lipinski definition) is 0. The van der Waals surface area contributed by atoms with Crippen molar-refractivity contribution < 1.29 is 53.8 Å². The number of carboxylic acid groups (broad SMARTS) is 4. The molecule has 15 heteroatoms. The summed E-state index contributed by atoms with van der Waals surface area (Å²) in [7, 11) is 0. The van der Waals surface area contributed by atoms with Gasteiger partial charge in [0.25, 0.3) is 0 Å². The third kappa shape index (κ3) is 15.1. The zero-order chi connectivity index (χ0) is 39.4. The second-order valence-corrected chi connectivity index (χ2v) is 13.3. The summed E-state index contributed by atoms with van der Waals surface area (Å²) in [6, 6.07) is 23.7. The van der Waals surface area contributed by atoms with E-state index in [1.807, 2.05) is 91.0 Å². The molecule has 1 aliphatic rings. The first-order valence-electron chi connectivity index (χ1n) is 18.2. The molecule has 1 saturated heterocycles. The highest BCUT2D eigenvalue weighted by atomic mass is 16.5. The molecule has 0 saturated carbocycles. The van der Waals surface area contributed by atoms with Gasteiger partial charge in [-0.15, -0.1) is 0 Å². The Morgan fingerprint density at radius 3 is 0.982 bits per heavy atom. The van der Waals surface area contributed by atoms with E-state index < -0.39 is 48.5 Å². The van der Waals surface area contributed by atoms with Crippen LogP contribution in [0.15, 0.2) is 91.0 Å². The molecular weight excluding hydrogens is 712 g/mol. The van der Waals surface area contributed by atoms with Gasteiger partial charge < -0.3 is 53.8 Å². The second-order valence-electron chi connectivity index (χ2n) is 13.3. The third-order valence-corrected chi connectivity index (χ3v) is 9.41. The molecule has 15 nitrogen and oxygen atoms in total. The number of benzene rings is 3. The number of carbonyl (C=O) groups excluding carboxylic acids is 4. The molecule has 4 rings (SSSR count). The highest BCUT2D eigenvalue weighted by Gasteiger charge is 2.29. The van der Waals surface area contributed by atoms with Gasteiger partial charge in [-0.05, 0) is 16.7 Å². The lowest BCUT2D eigenvalue weighted by molar-refractivity contribution is -0.316. The van der Waals surface area contributed by atoms with E-state index in [9.17, 15) is 39.6 Å². The summed E-state index contributed by atoms with van der Waals surface area (Å²) in [5, 5.41) is 49.6. The molecule has 1 heterocycles. The summed E-state index contributed by atoms with van der Waals surface area (Å²) >= 11 is 0. The van der Waals surface area contributed by atoms with E-state index in [1.165, 1.54) is 4.90 Å². The first kappa shape index (κ1) is 43.0. The zero-order valence-electron chi connectivity index (χ0n) is 30.8. The lowest BCUT2D eigenvalue weighted by Crippen LogP contribution is -2.60. The Morgan fingerprint density at radius 1 is 0.455 bits per heavy atom. The van der Waals surface area contributed by atoms with E-state index in [-0.39, 0.29) is 92.0 Å². The van der Waals surface area contributed by atoms with E-state index >= 15 is 0 Å². The van der Waals surface area contributed by atoms with Gasteiger partial charge in [0.05, 0.1) is 81.6 Å². The maximum Gasteiger partial charge on any atom is 0.0731 e. The number of ether oxygens (including phenoxy) is 3. The van der Waals surface area contributed by atoms with Crippen molar-refractivity contribution in [3.63, 3.8) is 0 Å². The molecule has 55 heavy (non-hydrogen) atoms.